The van der Waals surface area contributed by atoms with Gasteiger partial charge in [-0.05, 0) is 48.0 Å². The zero-order valence-corrected chi connectivity index (χ0v) is 16.0. The van der Waals surface area contributed by atoms with Crippen molar-refractivity contribution in [2.24, 2.45) is 5.14 Å². The van der Waals surface area contributed by atoms with Crippen LogP contribution in [0.5, 0.6) is 0 Å². The second kappa shape index (κ2) is 7.05. The summed E-state index contributed by atoms with van der Waals surface area (Å²) in [4.78, 5) is 12.4. The van der Waals surface area contributed by atoms with Crippen molar-refractivity contribution in [1.82, 2.24) is 4.57 Å². The van der Waals surface area contributed by atoms with Crippen molar-refractivity contribution in [1.29, 1.82) is 5.26 Å². The van der Waals surface area contributed by atoms with Crippen LogP contribution in [0.3, 0.4) is 0 Å². The summed E-state index contributed by atoms with van der Waals surface area (Å²) in [6, 6.07) is 17.5. The summed E-state index contributed by atoms with van der Waals surface area (Å²) in [7, 11) is -3.89. The molecule has 0 atom stereocenters. The average molecular weight is 404 g/mol. The van der Waals surface area contributed by atoms with E-state index in [4.69, 9.17) is 5.14 Å². The minimum absolute atomic E-state index is 0.0584. The highest BCUT2D eigenvalue weighted by atomic mass is 32.2. The molecule has 0 unspecified atom stereocenters. The Hall–Kier alpha value is -3.67. The summed E-state index contributed by atoms with van der Waals surface area (Å²) in [5.41, 5.74) is 3.55. The normalized spacial score (nSPS) is 14.5. The van der Waals surface area contributed by atoms with Gasteiger partial charge in [-0.2, -0.15) is 5.26 Å². The third-order valence-corrected chi connectivity index (χ3v) is 5.65. The van der Waals surface area contributed by atoms with E-state index < -0.39 is 10.0 Å². The SMILES string of the molecule is N#Cc1ccccc1Cn1cccc1/C=C1\C(=O)Nc2ccc(S(N)(=O)=O)cc21. The van der Waals surface area contributed by atoms with Crippen LogP contribution in [-0.4, -0.2) is 18.9 Å². The number of benzene rings is 2. The topological polar surface area (TPSA) is 118 Å². The summed E-state index contributed by atoms with van der Waals surface area (Å²) < 4.78 is 25.3. The lowest BCUT2D eigenvalue weighted by Gasteiger charge is -2.09. The Balaban J connectivity index is 1.75. The van der Waals surface area contributed by atoms with Crippen LogP contribution < -0.4 is 10.5 Å². The van der Waals surface area contributed by atoms with E-state index in [9.17, 15) is 18.5 Å². The quantitative estimate of drug-likeness (QED) is 0.650. The van der Waals surface area contributed by atoms with Crippen LogP contribution in [0.1, 0.15) is 22.4 Å². The summed E-state index contributed by atoms with van der Waals surface area (Å²) >= 11 is 0. The Morgan fingerprint density at radius 3 is 2.69 bits per heavy atom. The van der Waals surface area contributed by atoms with Gasteiger partial charge in [0.1, 0.15) is 0 Å². The molecule has 0 aliphatic carbocycles. The van der Waals surface area contributed by atoms with E-state index in [1.807, 2.05) is 41.1 Å². The van der Waals surface area contributed by atoms with Crippen LogP contribution in [0.2, 0.25) is 0 Å². The number of carbonyl (C=O) groups is 1. The zero-order valence-electron chi connectivity index (χ0n) is 15.2. The molecular weight excluding hydrogens is 388 g/mol. The molecule has 1 amide bonds. The third-order valence-electron chi connectivity index (χ3n) is 4.74. The molecule has 1 aliphatic rings. The molecule has 0 saturated heterocycles. The molecule has 7 nitrogen and oxygen atoms in total. The molecule has 1 aromatic heterocycles. The van der Waals surface area contributed by atoms with Gasteiger partial charge in [0.05, 0.1) is 22.1 Å². The third kappa shape index (κ3) is 3.57. The predicted octanol–water partition coefficient (Wildman–Crippen LogP) is 2.55. The maximum atomic E-state index is 12.5. The Bertz CT molecular complexity index is 1310. The number of aromatic nitrogens is 1. The molecule has 3 aromatic rings. The molecule has 0 fully saturated rings. The molecule has 29 heavy (non-hydrogen) atoms. The Labute approximate surface area is 167 Å². The Morgan fingerprint density at radius 2 is 1.93 bits per heavy atom. The molecule has 2 heterocycles. The van der Waals surface area contributed by atoms with Gasteiger partial charge in [0, 0.05) is 29.7 Å². The average Bonchev–Trinajstić information content (AvgIpc) is 3.25. The number of nitrogens with zero attached hydrogens (tertiary/aromatic N) is 2. The molecular formula is C21H16N4O3S. The van der Waals surface area contributed by atoms with Crippen molar-refractivity contribution in [3.8, 4) is 6.07 Å². The van der Waals surface area contributed by atoms with Gasteiger partial charge in [-0.3, -0.25) is 4.79 Å². The van der Waals surface area contributed by atoms with Crippen molar-refractivity contribution >= 4 is 33.3 Å². The molecule has 0 spiro atoms. The highest BCUT2D eigenvalue weighted by molar-refractivity contribution is 7.89. The van der Waals surface area contributed by atoms with Crippen molar-refractivity contribution in [2.45, 2.75) is 11.4 Å². The van der Waals surface area contributed by atoms with Crippen LogP contribution in [0, 0.1) is 11.3 Å². The minimum atomic E-state index is -3.89. The standard InChI is InChI=1S/C21H16N4O3S/c22-12-14-4-1-2-5-15(14)13-25-9-3-6-16(25)10-19-18-11-17(29(23,27)28)7-8-20(18)24-21(19)26/h1-11H,13H2,(H,24,26)(H2,23,27,28)/b19-10-. The number of anilines is 1. The molecule has 0 saturated carbocycles. The number of nitriles is 1. The number of nitrogens with two attached hydrogens (primary N) is 1. The predicted molar refractivity (Wildman–Crippen MR) is 109 cm³/mol. The van der Waals surface area contributed by atoms with Gasteiger partial charge in [0.2, 0.25) is 10.0 Å². The number of amides is 1. The molecule has 8 heteroatoms. The lowest BCUT2D eigenvalue weighted by molar-refractivity contribution is -0.110. The fraction of sp³-hybridized carbons (Fsp3) is 0.0476. The highest BCUT2D eigenvalue weighted by Crippen LogP contribution is 2.34. The van der Waals surface area contributed by atoms with E-state index in [1.54, 1.807) is 12.1 Å². The van der Waals surface area contributed by atoms with Crippen molar-refractivity contribution < 1.29 is 13.2 Å². The number of sulfonamides is 1. The van der Waals surface area contributed by atoms with Crippen molar-refractivity contribution in [2.75, 3.05) is 5.32 Å². The first-order valence-electron chi connectivity index (χ1n) is 8.70. The summed E-state index contributed by atoms with van der Waals surface area (Å²) in [5, 5.41) is 17.3. The lowest BCUT2D eigenvalue weighted by Crippen LogP contribution is -2.12. The summed E-state index contributed by atoms with van der Waals surface area (Å²) in [6.45, 7) is 0.460. The maximum absolute atomic E-state index is 12.5. The van der Waals surface area contributed by atoms with Crippen molar-refractivity contribution in [3.05, 3.63) is 83.2 Å². The molecule has 144 valence electrons. The monoisotopic (exact) mass is 404 g/mol. The molecule has 0 radical (unpaired) electrons. The summed E-state index contributed by atoms with van der Waals surface area (Å²) in [6.07, 6.45) is 3.55. The van der Waals surface area contributed by atoms with Gasteiger partial charge in [-0.1, -0.05) is 18.2 Å². The fourth-order valence-electron chi connectivity index (χ4n) is 3.29. The van der Waals surface area contributed by atoms with E-state index in [0.717, 1.165) is 11.3 Å². The van der Waals surface area contributed by atoms with Crippen LogP contribution in [0.15, 0.2) is 65.7 Å². The van der Waals surface area contributed by atoms with Gasteiger partial charge in [0.15, 0.2) is 0 Å². The van der Waals surface area contributed by atoms with E-state index >= 15 is 0 Å². The Morgan fingerprint density at radius 1 is 1.14 bits per heavy atom. The zero-order chi connectivity index (χ0) is 20.6. The first kappa shape index (κ1) is 18.7. The van der Waals surface area contributed by atoms with Gasteiger partial charge in [-0.15, -0.1) is 0 Å². The van der Waals surface area contributed by atoms with Gasteiger partial charge in [-0.25, -0.2) is 13.6 Å². The fourth-order valence-corrected chi connectivity index (χ4v) is 3.83. The Kier molecular flexibility index (Phi) is 4.54. The van der Waals surface area contributed by atoms with Gasteiger partial charge >= 0.3 is 0 Å². The number of fused-ring (bicyclic) bond motifs is 1. The van der Waals surface area contributed by atoms with E-state index in [-0.39, 0.29) is 10.8 Å². The van der Waals surface area contributed by atoms with E-state index in [2.05, 4.69) is 11.4 Å². The second-order valence-corrected chi connectivity index (χ2v) is 8.16. The summed E-state index contributed by atoms with van der Waals surface area (Å²) in [5.74, 6) is -0.322. The smallest absolute Gasteiger partial charge is 0.256 e. The van der Waals surface area contributed by atoms with E-state index in [1.165, 1.54) is 18.2 Å². The van der Waals surface area contributed by atoms with Crippen LogP contribution in [0.4, 0.5) is 5.69 Å². The molecule has 2 aromatic carbocycles. The highest BCUT2D eigenvalue weighted by Gasteiger charge is 2.26. The number of primary sulfonamides is 1. The maximum Gasteiger partial charge on any atom is 0.256 e. The number of hydrogen-bond acceptors (Lipinski definition) is 4. The lowest BCUT2D eigenvalue weighted by atomic mass is 10.1. The molecule has 0 bridgehead atoms. The van der Waals surface area contributed by atoms with Crippen LogP contribution in [0.25, 0.3) is 11.6 Å². The number of carbonyl (C=O) groups excluding carboxylic acids is 1. The first-order chi connectivity index (χ1) is 13.9. The van der Waals surface area contributed by atoms with Crippen molar-refractivity contribution in [3.63, 3.8) is 0 Å². The number of rotatable bonds is 4. The van der Waals surface area contributed by atoms with Gasteiger partial charge in [0.25, 0.3) is 5.91 Å². The van der Waals surface area contributed by atoms with Crippen LogP contribution >= 0.6 is 0 Å². The largest absolute Gasteiger partial charge is 0.343 e. The first-order valence-corrected chi connectivity index (χ1v) is 10.2. The minimum Gasteiger partial charge on any atom is -0.343 e. The van der Waals surface area contributed by atoms with Crippen LogP contribution in [-0.2, 0) is 21.4 Å². The molecule has 3 N–H and O–H groups in total. The van der Waals surface area contributed by atoms with Gasteiger partial charge < -0.3 is 9.88 Å². The number of nitrogens with one attached hydrogen (secondary N) is 1. The molecule has 4 rings (SSSR count). The second-order valence-electron chi connectivity index (χ2n) is 6.59. The number of hydrogen-bond donors (Lipinski definition) is 2. The molecule has 1 aliphatic heterocycles. The van der Waals surface area contributed by atoms with E-state index in [0.29, 0.717) is 28.9 Å².